The van der Waals surface area contributed by atoms with Gasteiger partial charge in [-0.05, 0) is 10.1 Å². The van der Waals surface area contributed by atoms with Gasteiger partial charge in [-0.25, -0.2) is 0 Å². The zero-order chi connectivity index (χ0) is 13.1. The number of rotatable bonds is 4. The minimum absolute atomic E-state index is 0.0390. The average molecular weight is 253 g/mol. The first kappa shape index (κ1) is 11.6. The first-order valence-corrected chi connectivity index (χ1v) is 4.62. The summed E-state index contributed by atoms with van der Waals surface area (Å²) in [6.07, 6.45) is 1.09. The van der Waals surface area contributed by atoms with Gasteiger partial charge in [0.05, 0.1) is 7.05 Å². The SMILES string of the molecule is Cn1nnc(NC(=O)Cn2cnc([N+](=O)[O-])n2)n1. The third-order valence-electron chi connectivity index (χ3n) is 1.75. The maximum absolute atomic E-state index is 11.5. The minimum Gasteiger partial charge on any atom is -0.390 e. The number of amides is 1. The van der Waals surface area contributed by atoms with Gasteiger partial charge in [0.25, 0.3) is 5.95 Å². The fraction of sp³-hybridized carbons (Fsp3) is 0.333. The van der Waals surface area contributed by atoms with Gasteiger partial charge in [-0.1, -0.05) is 10.1 Å². The highest BCUT2D eigenvalue weighted by atomic mass is 16.6. The van der Waals surface area contributed by atoms with Crippen LogP contribution in [0, 0.1) is 10.1 Å². The number of hydrogen-bond donors (Lipinski definition) is 1. The standard InChI is InChI=1S/C6H7N9O3/c1-13-10-5(9-12-13)8-4(16)2-14-3-7-6(11-14)15(17)18/h3H,2H2,1H3,(H,8,10,16). The first-order valence-electron chi connectivity index (χ1n) is 4.62. The van der Waals surface area contributed by atoms with Crippen molar-refractivity contribution in [2.75, 3.05) is 5.32 Å². The molecule has 12 heteroatoms. The Labute approximate surface area is 98.8 Å². The van der Waals surface area contributed by atoms with Crippen molar-refractivity contribution in [3.63, 3.8) is 0 Å². The minimum atomic E-state index is -0.751. The number of aryl methyl sites for hydroxylation is 1. The largest absolute Gasteiger partial charge is 0.490 e. The van der Waals surface area contributed by atoms with Gasteiger partial charge in [0, 0.05) is 5.10 Å². The number of aromatic nitrogens is 7. The van der Waals surface area contributed by atoms with Crippen LogP contribution in [0.2, 0.25) is 0 Å². The van der Waals surface area contributed by atoms with Crippen LogP contribution < -0.4 is 5.32 Å². The summed E-state index contributed by atoms with van der Waals surface area (Å²) < 4.78 is 1.03. The molecule has 0 spiro atoms. The number of carbonyl (C=O) groups excluding carboxylic acids is 1. The molecule has 0 unspecified atom stereocenters. The lowest BCUT2D eigenvalue weighted by atomic mass is 10.6. The molecule has 18 heavy (non-hydrogen) atoms. The zero-order valence-electron chi connectivity index (χ0n) is 9.09. The second-order valence-electron chi connectivity index (χ2n) is 3.15. The molecule has 0 aliphatic heterocycles. The van der Waals surface area contributed by atoms with Crippen molar-refractivity contribution in [3.05, 3.63) is 16.4 Å². The van der Waals surface area contributed by atoms with Crippen molar-refractivity contribution < 1.29 is 9.72 Å². The fourth-order valence-corrected chi connectivity index (χ4v) is 1.09. The van der Waals surface area contributed by atoms with Crippen molar-refractivity contribution in [2.45, 2.75) is 6.54 Å². The van der Waals surface area contributed by atoms with Crippen molar-refractivity contribution in [1.82, 2.24) is 35.0 Å². The van der Waals surface area contributed by atoms with E-state index in [4.69, 9.17) is 0 Å². The van der Waals surface area contributed by atoms with Gasteiger partial charge in [0.15, 0.2) is 0 Å². The summed E-state index contributed by atoms with van der Waals surface area (Å²) >= 11 is 0. The number of nitrogens with one attached hydrogen (secondary N) is 1. The highest BCUT2D eigenvalue weighted by Gasteiger charge is 2.16. The summed E-state index contributed by atoms with van der Waals surface area (Å²) in [6.45, 7) is -0.237. The van der Waals surface area contributed by atoms with Gasteiger partial charge in [0.1, 0.15) is 6.54 Å². The molecule has 0 aromatic carbocycles. The third kappa shape index (κ3) is 2.60. The van der Waals surface area contributed by atoms with Crippen LogP contribution in [0.5, 0.6) is 0 Å². The molecular formula is C6H7N9O3. The van der Waals surface area contributed by atoms with E-state index in [1.807, 2.05) is 0 Å². The summed E-state index contributed by atoms with van der Waals surface area (Å²) in [5.41, 5.74) is 0. The number of anilines is 1. The summed E-state index contributed by atoms with van der Waals surface area (Å²) in [7, 11) is 1.55. The number of tetrazole rings is 1. The van der Waals surface area contributed by atoms with Gasteiger partial charge >= 0.3 is 5.95 Å². The van der Waals surface area contributed by atoms with Crippen molar-refractivity contribution in [1.29, 1.82) is 0 Å². The summed E-state index contributed by atoms with van der Waals surface area (Å²) in [4.78, 5) is 25.6. The molecule has 12 nitrogen and oxygen atoms in total. The molecular weight excluding hydrogens is 246 g/mol. The molecule has 0 bridgehead atoms. The van der Waals surface area contributed by atoms with Crippen LogP contribution in [0.1, 0.15) is 0 Å². The summed E-state index contributed by atoms with van der Waals surface area (Å²) in [6, 6.07) is 0. The van der Waals surface area contributed by atoms with Gasteiger partial charge in [-0.2, -0.15) is 9.48 Å². The van der Waals surface area contributed by atoms with Crippen LogP contribution in [-0.2, 0) is 18.4 Å². The molecule has 0 aliphatic carbocycles. The van der Waals surface area contributed by atoms with Gasteiger partial charge in [-0.3, -0.25) is 10.1 Å². The smallest absolute Gasteiger partial charge is 0.390 e. The van der Waals surface area contributed by atoms with Gasteiger partial charge in [0.2, 0.25) is 12.2 Å². The van der Waals surface area contributed by atoms with E-state index in [-0.39, 0.29) is 12.5 Å². The number of nitro groups is 1. The molecule has 0 fully saturated rings. The molecule has 94 valence electrons. The third-order valence-corrected chi connectivity index (χ3v) is 1.75. The predicted octanol–water partition coefficient (Wildman–Crippen LogP) is -1.65. The normalized spacial score (nSPS) is 10.3. The topological polar surface area (TPSA) is 147 Å². The van der Waals surface area contributed by atoms with Crippen LogP contribution in [0.4, 0.5) is 11.9 Å². The Morgan fingerprint density at radius 1 is 1.56 bits per heavy atom. The zero-order valence-corrected chi connectivity index (χ0v) is 9.09. The molecule has 1 N–H and O–H groups in total. The number of hydrogen-bond acceptors (Lipinski definition) is 8. The molecule has 0 radical (unpaired) electrons. The molecule has 2 rings (SSSR count). The van der Waals surface area contributed by atoms with E-state index < -0.39 is 16.8 Å². The Hall–Kier alpha value is -2.92. The maximum atomic E-state index is 11.5. The van der Waals surface area contributed by atoms with Crippen molar-refractivity contribution in [2.24, 2.45) is 7.05 Å². The maximum Gasteiger partial charge on any atom is 0.490 e. The summed E-state index contributed by atoms with van der Waals surface area (Å²) in [5.74, 6) is -1.03. The van der Waals surface area contributed by atoms with Gasteiger partial charge in [-0.15, -0.1) is 5.10 Å². The quantitative estimate of drug-likeness (QED) is 0.503. The van der Waals surface area contributed by atoms with E-state index in [1.165, 1.54) is 4.80 Å². The fourth-order valence-electron chi connectivity index (χ4n) is 1.09. The predicted molar refractivity (Wildman–Crippen MR) is 54.1 cm³/mol. The highest BCUT2D eigenvalue weighted by molar-refractivity contribution is 5.88. The lowest BCUT2D eigenvalue weighted by molar-refractivity contribution is -0.394. The lowest BCUT2D eigenvalue weighted by Gasteiger charge is -1.96. The monoisotopic (exact) mass is 253 g/mol. The number of nitrogens with zero attached hydrogens (tertiary/aromatic N) is 8. The van der Waals surface area contributed by atoms with E-state index in [1.54, 1.807) is 7.05 Å². The first-order chi connectivity index (χ1) is 8.54. The molecule has 2 heterocycles. The van der Waals surface area contributed by atoms with Crippen LogP contribution in [-0.4, -0.2) is 45.8 Å². The Morgan fingerprint density at radius 3 is 2.89 bits per heavy atom. The Bertz CT molecular complexity index is 587. The molecule has 2 aromatic heterocycles. The van der Waals surface area contributed by atoms with Crippen LogP contribution in [0.25, 0.3) is 0 Å². The molecule has 1 amide bonds. The van der Waals surface area contributed by atoms with E-state index in [0.717, 1.165) is 11.0 Å². The van der Waals surface area contributed by atoms with E-state index in [2.05, 4.69) is 30.8 Å². The average Bonchev–Trinajstić information content (AvgIpc) is 2.88. The van der Waals surface area contributed by atoms with Crippen LogP contribution >= 0.6 is 0 Å². The number of carbonyl (C=O) groups is 1. The van der Waals surface area contributed by atoms with E-state index in [0.29, 0.717) is 0 Å². The second-order valence-corrected chi connectivity index (χ2v) is 3.15. The molecule has 2 aromatic rings. The Kier molecular flexibility index (Phi) is 2.90. The van der Waals surface area contributed by atoms with Crippen LogP contribution in [0.15, 0.2) is 6.33 Å². The lowest BCUT2D eigenvalue weighted by Crippen LogP contribution is -2.20. The highest BCUT2D eigenvalue weighted by Crippen LogP contribution is 2.00. The van der Waals surface area contributed by atoms with Crippen molar-refractivity contribution >= 4 is 17.8 Å². The van der Waals surface area contributed by atoms with E-state index >= 15 is 0 Å². The Balaban J connectivity index is 1.96. The molecule has 0 aliphatic rings. The molecule has 0 saturated carbocycles. The summed E-state index contributed by atoms with van der Waals surface area (Å²) in [5, 5.41) is 27.0. The molecule has 0 saturated heterocycles. The van der Waals surface area contributed by atoms with Gasteiger partial charge < -0.3 is 10.1 Å². The molecule has 0 atom stereocenters. The second kappa shape index (κ2) is 4.52. The Morgan fingerprint density at radius 2 is 2.33 bits per heavy atom. The van der Waals surface area contributed by atoms with Crippen LogP contribution in [0.3, 0.4) is 0 Å². The van der Waals surface area contributed by atoms with Crippen molar-refractivity contribution in [3.8, 4) is 0 Å². The van der Waals surface area contributed by atoms with E-state index in [9.17, 15) is 14.9 Å².